The number of benzene rings is 1. The van der Waals surface area contributed by atoms with Crippen LogP contribution in [0.3, 0.4) is 0 Å². The zero-order valence-electron chi connectivity index (χ0n) is 11.2. The lowest BCUT2D eigenvalue weighted by Crippen LogP contribution is -2.28. The van der Waals surface area contributed by atoms with Crippen molar-refractivity contribution in [1.82, 2.24) is 14.9 Å². The molecule has 0 amide bonds. The maximum absolute atomic E-state index is 13.2. The number of nitrogens with one attached hydrogen (secondary N) is 1. The van der Waals surface area contributed by atoms with Crippen molar-refractivity contribution in [2.24, 2.45) is 0 Å². The summed E-state index contributed by atoms with van der Waals surface area (Å²) < 4.78 is 14.8. The van der Waals surface area contributed by atoms with E-state index in [9.17, 15) is 9.18 Å². The Bertz CT molecular complexity index is 636. The Balaban J connectivity index is 2.52. The molecular weight excluding hydrogens is 245 g/mol. The van der Waals surface area contributed by atoms with E-state index in [1.165, 1.54) is 12.1 Å². The first-order valence-corrected chi connectivity index (χ1v) is 6.57. The maximum Gasteiger partial charge on any atom is 0.261 e. The van der Waals surface area contributed by atoms with Gasteiger partial charge in [0.05, 0.1) is 17.4 Å². The van der Waals surface area contributed by atoms with Gasteiger partial charge in [-0.1, -0.05) is 6.92 Å². The lowest BCUT2D eigenvalue weighted by molar-refractivity contribution is 0.586. The highest BCUT2D eigenvalue weighted by Gasteiger charge is 2.10. The van der Waals surface area contributed by atoms with Gasteiger partial charge in [0.15, 0.2) is 0 Å². The van der Waals surface area contributed by atoms with Crippen molar-refractivity contribution in [2.45, 2.75) is 33.4 Å². The number of fused-ring (bicyclic) bond motifs is 1. The Labute approximate surface area is 111 Å². The van der Waals surface area contributed by atoms with Crippen molar-refractivity contribution in [1.29, 1.82) is 0 Å². The molecule has 0 aliphatic rings. The molecule has 0 unspecified atom stereocenters. The average molecular weight is 263 g/mol. The largest absolute Gasteiger partial charge is 0.310 e. The molecule has 19 heavy (non-hydrogen) atoms. The molecule has 0 fully saturated rings. The van der Waals surface area contributed by atoms with Gasteiger partial charge in [0, 0.05) is 6.54 Å². The summed E-state index contributed by atoms with van der Waals surface area (Å²) in [6, 6.07) is 4.13. The third kappa shape index (κ3) is 2.81. The Morgan fingerprint density at radius 3 is 2.84 bits per heavy atom. The van der Waals surface area contributed by atoms with Crippen LogP contribution < -0.4 is 10.9 Å². The highest BCUT2D eigenvalue weighted by atomic mass is 19.1. The van der Waals surface area contributed by atoms with Gasteiger partial charge in [-0.3, -0.25) is 9.36 Å². The molecule has 4 nitrogen and oxygen atoms in total. The van der Waals surface area contributed by atoms with Gasteiger partial charge in [0.2, 0.25) is 0 Å². The van der Waals surface area contributed by atoms with E-state index in [-0.39, 0.29) is 5.56 Å². The molecule has 0 spiro atoms. The van der Waals surface area contributed by atoms with Gasteiger partial charge < -0.3 is 5.32 Å². The fraction of sp³-hybridized carbons (Fsp3) is 0.429. The van der Waals surface area contributed by atoms with Gasteiger partial charge in [-0.2, -0.15) is 0 Å². The zero-order chi connectivity index (χ0) is 13.8. The number of hydrogen-bond donors (Lipinski definition) is 1. The molecule has 102 valence electrons. The topological polar surface area (TPSA) is 46.9 Å². The Morgan fingerprint density at radius 1 is 1.37 bits per heavy atom. The fourth-order valence-corrected chi connectivity index (χ4v) is 2.08. The summed E-state index contributed by atoms with van der Waals surface area (Å²) in [5.74, 6) is 0.283. The molecular formula is C14H18FN3O. The molecule has 0 bridgehead atoms. The van der Waals surface area contributed by atoms with Crippen LogP contribution in [-0.2, 0) is 13.1 Å². The molecule has 5 heteroatoms. The summed E-state index contributed by atoms with van der Waals surface area (Å²) in [6.45, 7) is 5.92. The van der Waals surface area contributed by atoms with Gasteiger partial charge in [-0.25, -0.2) is 9.37 Å². The van der Waals surface area contributed by atoms with Crippen LogP contribution in [-0.4, -0.2) is 16.1 Å². The predicted molar refractivity (Wildman–Crippen MR) is 73.6 cm³/mol. The number of nitrogens with zero attached hydrogens (tertiary/aromatic N) is 2. The monoisotopic (exact) mass is 263 g/mol. The van der Waals surface area contributed by atoms with E-state index in [4.69, 9.17) is 0 Å². The van der Waals surface area contributed by atoms with Crippen molar-refractivity contribution >= 4 is 10.9 Å². The summed E-state index contributed by atoms with van der Waals surface area (Å²) in [7, 11) is 0. The molecule has 2 aromatic rings. The molecule has 0 atom stereocenters. The van der Waals surface area contributed by atoms with Crippen LogP contribution in [0.1, 0.15) is 26.1 Å². The minimum atomic E-state index is -0.411. The summed E-state index contributed by atoms with van der Waals surface area (Å²) >= 11 is 0. The quantitative estimate of drug-likeness (QED) is 0.840. The predicted octanol–water partition coefficient (Wildman–Crippen LogP) is 2.06. The Morgan fingerprint density at radius 2 is 2.16 bits per heavy atom. The summed E-state index contributed by atoms with van der Waals surface area (Å²) in [4.78, 5) is 16.7. The molecule has 1 N–H and O–H groups in total. The SMILES string of the molecule is CCCNCc1nc2ccc(F)cc2c(=O)n1CC. The van der Waals surface area contributed by atoms with Crippen molar-refractivity contribution in [3.63, 3.8) is 0 Å². The molecule has 1 heterocycles. The van der Waals surface area contributed by atoms with Crippen LogP contribution in [0.2, 0.25) is 0 Å². The van der Waals surface area contributed by atoms with Crippen LogP contribution in [0.15, 0.2) is 23.0 Å². The second-order valence-corrected chi connectivity index (χ2v) is 4.42. The zero-order valence-corrected chi connectivity index (χ0v) is 11.2. The van der Waals surface area contributed by atoms with E-state index < -0.39 is 5.82 Å². The number of aromatic nitrogens is 2. The minimum Gasteiger partial charge on any atom is -0.310 e. The van der Waals surface area contributed by atoms with E-state index in [1.54, 1.807) is 10.6 Å². The van der Waals surface area contributed by atoms with Crippen LogP contribution in [0.5, 0.6) is 0 Å². The molecule has 0 saturated carbocycles. The first-order chi connectivity index (χ1) is 9.17. The average Bonchev–Trinajstić information content (AvgIpc) is 2.40. The molecule has 1 aromatic heterocycles. The lowest BCUT2D eigenvalue weighted by Gasteiger charge is -2.12. The third-order valence-corrected chi connectivity index (χ3v) is 3.02. The van der Waals surface area contributed by atoms with Crippen LogP contribution >= 0.6 is 0 Å². The molecule has 2 rings (SSSR count). The van der Waals surface area contributed by atoms with Gasteiger partial charge in [-0.15, -0.1) is 0 Å². The van der Waals surface area contributed by atoms with Gasteiger partial charge in [0.1, 0.15) is 11.6 Å². The van der Waals surface area contributed by atoms with Crippen LogP contribution in [0, 0.1) is 5.82 Å². The first-order valence-electron chi connectivity index (χ1n) is 6.57. The van der Waals surface area contributed by atoms with Gasteiger partial charge in [0.25, 0.3) is 5.56 Å². The summed E-state index contributed by atoms with van der Waals surface area (Å²) in [5.41, 5.74) is 0.365. The lowest BCUT2D eigenvalue weighted by atomic mass is 10.2. The molecule has 1 aromatic carbocycles. The van der Waals surface area contributed by atoms with Crippen LogP contribution in [0.4, 0.5) is 4.39 Å². The summed E-state index contributed by atoms with van der Waals surface area (Å²) in [6.07, 6.45) is 1.02. The fourth-order valence-electron chi connectivity index (χ4n) is 2.08. The molecule has 0 saturated heterocycles. The smallest absolute Gasteiger partial charge is 0.261 e. The van der Waals surface area contributed by atoms with Gasteiger partial charge in [-0.05, 0) is 38.1 Å². The third-order valence-electron chi connectivity index (χ3n) is 3.02. The standard InChI is InChI=1S/C14H18FN3O/c1-3-7-16-9-13-17-12-6-5-10(15)8-11(12)14(19)18(13)4-2/h5-6,8,16H,3-4,7,9H2,1-2H3. The number of hydrogen-bond acceptors (Lipinski definition) is 3. The normalized spacial score (nSPS) is 11.1. The number of rotatable bonds is 5. The van der Waals surface area contributed by atoms with E-state index in [1.807, 2.05) is 6.92 Å². The van der Waals surface area contributed by atoms with Crippen LogP contribution in [0.25, 0.3) is 10.9 Å². The van der Waals surface area contributed by atoms with E-state index >= 15 is 0 Å². The second-order valence-electron chi connectivity index (χ2n) is 4.42. The Kier molecular flexibility index (Phi) is 4.27. The number of halogens is 1. The van der Waals surface area contributed by atoms with Gasteiger partial charge >= 0.3 is 0 Å². The summed E-state index contributed by atoms with van der Waals surface area (Å²) in [5, 5.41) is 3.57. The van der Waals surface area contributed by atoms with Crippen molar-refractivity contribution in [3.05, 3.63) is 40.2 Å². The molecule has 0 radical (unpaired) electrons. The van der Waals surface area contributed by atoms with Crippen molar-refractivity contribution < 1.29 is 4.39 Å². The molecule has 0 aliphatic heterocycles. The second kappa shape index (κ2) is 5.93. The maximum atomic E-state index is 13.2. The van der Waals surface area contributed by atoms with E-state index in [0.717, 1.165) is 13.0 Å². The minimum absolute atomic E-state index is 0.180. The van der Waals surface area contributed by atoms with Crippen molar-refractivity contribution in [3.8, 4) is 0 Å². The van der Waals surface area contributed by atoms with E-state index in [2.05, 4.69) is 17.2 Å². The van der Waals surface area contributed by atoms with Crippen molar-refractivity contribution in [2.75, 3.05) is 6.54 Å². The highest BCUT2D eigenvalue weighted by Crippen LogP contribution is 2.10. The molecule has 0 aliphatic carbocycles. The van der Waals surface area contributed by atoms with E-state index in [0.29, 0.717) is 29.8 Å². The Hall–Kier alpha value is -1.75. The first kappa shape index (κ1) is 13.7. The highest BCUT2D eigenvalue weighted by molar-refractivity contribution is 5.77.